The number of hydrogen-bond acceptors (Lipinski definition) is 3. The highest BCUT2D eigenvalue weighted by Gasteiger charge is 2.26. The zero-order valence-electron chi connectivity index (χ0n) is 9.58. The van der Waals surface area contributed by atoms with Gasteiger partial charge >= 0.3 is 0 Å². The fourth-order valence-electron chi connectivity index (χ4n) is 1.77. The van der Waals surface area contributed by atoms with Crippen molar-refractivity contribution in [2.75, 3.05) is 14.2 Å². The molecule has 1 heterocycles. The van der Waals surface area contributed by atoms with Crippen LogP contribution in [0.1, 0.15) is 24.8 Å². The van der Waals surface area contributed by atoms with Crippen molar-refractivity contribution in [2.45, 2.75) is 26.0 Å². The molecule has 0 spiro atoms. The van der Waals surface area contributed by atoms with Crippen LogP contribution in [0.4, 0.5) is 0 Å². The second-order valence-electron chi connectivity index (χ2n) is 3.84. The predicted octanol–water partition coefficient (Wildman–Crippen LogP) is 3.44. The molecule has 15 heavy (non-hydrogen) atoms. The first-order valence-corrected chi connectivity index (χ1v) is 6.72. The molecular weight excluding hydrogens is 274 g/mol. The third kappa shape index (κ3) is 3.03. The molecule has 1 N–H and O–H groups in total. The van der Waals surface area contributed by atoms with Crippen LogP contribution >= 0.6 is 27.3 Å². The first kappa shape index (κ1) is 13.2. The molecule has 0 fully saturated rings. The van der Waals surface area contributed by atoms with Gasteiger partial charge in [0.1, 0.15) is 0 Å². The van der Waals surface area contributed by atoms with E-state index in [-0.39, 0.29) is 12.1 Å². The number of nitrogens with one attached hydrogen (secondary N) is 1. The van der Waals surface area contributed by atoms with Crippen LogP contribution in [0.3, 0.4) is 0 Å². The zero-order valence-corrected chi connectivity index (χ0v) is 12.0. The first-order chi connectivity index (χ1) is 7.11. The molecule has 86 valence electrons. The SMILES string of the molecule is CNC(c1sccc1Br)C(OC)C(C)C. The Kier molecular flexibility index (Phi) is 5.26. The minimum absolute atomic E-state index is 0.199. The van der Waals surface area contributed by atoms with E-state index >= 15 is 0 Å². The van der Waals surface area contributed by atoms with Crippen molar-refractivity contribution in [3.8, 4) is 0 Å². The molecular formula is C11H18BrNOS. The lowest BCUT2D eigenvalue weighted by Crippen LogP contribution is -2.34. The van der Waals surface area contributed by atoms with Gasteiger partial charge in [0.25, 0.3) is 0 Å². The molecule has 1 aromatic rings. The quantitative estimate of drug-likeness (QED) is 0.897. The van der Waals surface area contributed by atoms with E-state index in [0.29, 0.717) is 5.92 Å². The Morgan fingerprint density at radius 3 is 2.47 bits per heavy atom. The van der Waals surface area contributed by atoms with Gasteiger partial charge in [-0.25, -0.2) is 0 Å². The molecule has 0 aliphatic carbocycles. The van der Waals surface area contributed by atoms with E-state index in [1.165, 1.54) is 4.88 Å². The van der Waals surface area contributed by atoms with Gasteiger partial charge in [0.15, 0.2) is 0 Å². The molecule has 4 heteroatoms. The van der Waals surface area contributed by atoms with Crippen LogP contribution in [0.2, 0.25) is 0 Å². The molecule has 0 saturated heterocycles. The highest BCUT2D eigenvalue weighted by molar-refractivity contribution is 9.10. The number of thiophene rings is 1. The lowest BCUT2D eigenvalue weighted by Gasteiger charge is -2.28. The minimum atomic E-state index is 0.199. The van der Waals surface area contributed by atoms with Crippen molar-refractivity contribution in [3.05, 3.63) is 20.8 Å². The normalized spacial score (nSPS) is 15.6. The molecule has 0 radical (unpaired) electrons. The molecule has 0 aliphatic heterocycles. The largest absolute Gasteiger partial charge is 0.379 e. The Bertz CT molecular complexity index is 301. The van der Waals surface area contributed by atoms with Gasteiger partial charge in [-0.1, -0.05) is 13.8 Å². The van der Waals surface area contributed by atoms with Gasteiger partial charge in [-0.2, -0.15) is 0 Å². The van der Waals surface area contributed by atoms with Crippen molar-refractivity contribution >= 4 is 27.3 Å². The van der Waals surface area contributed by atoms with Crippen molar-refractivity contribution in [1.82, 2.24) is 5.32 Å². The van der Waals surface area contributed by atoms with E-state index in [1.807, 2.05) is 7.05 Å². The minimum Gasteiger partial charge on any atom is -0.379 e. The van der Waals surface area contributed by atoms with E-state index in [9.17, 15) is 0 Å². The van der Waals surface area contributed by atoms with E-state index in [0.717, 1.165) is 4.47 Å². The molecule has 2 atom stereocenters. The monoisotopic (exact) mass is 291 g/mol. The number of rotatable bonds is 5. The molecule has 0 aliphatic rings. The Morgan fingerprint density at radius 1 is 1.47 bits per heavy atom. The standard InChI is InChI=1S/C11H18BrNOS/c1-7(2)10(14-4)9(13-3)11-8(12)5-6-15-11/h5-7,9-10,13H,1-4H3. The molecule has 0 amide bonds. The van der Waals surface area contributed by atoms with Crippen LogP contribution in [-0.4, -0.2) is 20.3 Å². The Hall–Kier alpha value is 0.1000. The summed E-state index contributed by atoms with van der Waals surface area (Å²) < 4.78 is 6.73. The summed E-state index contributed by atoms with van der Waals surface area (Å²) in [6.07, 6.45) is 0.199. The summed E-state index contributed by atoms with van der Waals surface area (Å²) in [5.74, 6) is 0.487. The predicted molar refractivity (Wildman–Crippen MR) is 69.5 cm³/mol. The molecule has 2 unspecified atom stereocenters. The van der Waals surface area contributed by atoms with E-state index in [2.05, 4.69) is 46.5 Å². The summed E-state index contributed by atoms with van der Waals surface area (Å²) in [6, 6.07) is 2.33. The first-order valence-electron chi connectivity index (χ1n) is 5.04. The average Bonchev–Trinajstić information content (AvgIpc) is 2.60. The molecule has 0 bridgehead atoms. The van der Waals surface area contributed by atoms with Crippen molar-refractivity contribution < 1.29 is 4.74 Å². The second-order valence-corrected chi connectivity index (χ2v) is 5.65. The maximum atomic E-state index is 5.57. The number of likely N-dealkylation sites (N-methyl/N-ethyl adjacent to an activating group) is 1. The van der Waals surface area contributed by atoms with Gasteiger partial charge in [0.2, 0.25) is 0 Å². The third-order valence-corrected chi connectivity index (χ3v) is 4.45. The fraction of sp³-hybridized carbons (Fsp3) is 0.636. The van der Waals surface area contributed by atoms with E-state index < -0.39 is 0 Å². The lowest BCUT2D eigenvalue weighted by atomic mass is 9.98. The van der Waals surface area contributed by atoms with Crippen LogP contribution < -0.4 is 5.32 Å². The number of hydrogen-bond donors (Lipinski definition) is 1. The summed E-state index contributed by atoms with van der Waals surface area (Å²) in [5, 5.41) is 5.43. The summed E-state index contributed by atoms with van der Waals surface area (Å²) in [6.45, 7) is 4.36. The Balaban J connectivity index is 2.92. The number of ether oxygens (including phenoxy) is 1. The maximum Gasteiger partial charge on any atom is 0.0797 e. The summed E-state index contributed by atoms with van der Waals surface area (Å²) in [5.41, 5.74) is 0. The van der Waals surface area contributed by atoms with Crippen LogP contribution in [0, 0.1) is 5.92 Å². The summed E-state index contributed by atoms with van der Waals surface area (Å²) in [4.78, 5) is 1.30. The van der Waals surface area contributed by atoms with Crippen molar-refractivity contribution in [2.24, 2.45) is 5.92 Å². The highest BCUT2D eigenvalue weighted by atomic mass is 79.9. The highest BCUT2D eigenvalue weighted by Crippen LogP contribution is 2.33. The van der Waals surface area contributed by atoms with Gasteiger partial charge in [-0.15, -0.1) is 11.3 Å². The fourth-order valence-corrected chi connectivity index (χ4v) is 3.53. The van der Waals surface area contributed by atoms with Crippen molar-refractivity contribution in [3.63, 3.8) is 0 Å². The lowest BCUT2D eigenvalue weighted by molar-refractivity contribution is 0.0356. The smallest absolute Gasteiger partial charge is 0.0797 e. The van der Waals surface area contributed by atoms with E-state index in [1.54, 1.807) is 18.4 Å². The van der Waals surface area contributed by atoms with Gasteiger partial charge in [-0.05, 0) is 40.3 Å². The van der Waals surface area contributed by atoms with Crippen LogP contribution in [0.25, 0.3) is 0 Å². The van der Waals surface area contributed by atoms with Gasteiger partial charge in [0, 0.05) is 16.5 Å². The number of methoxy groups -OCH3 is 1. The second kappa shape index (κ2) is 5.99. The number of halogens is 1. The van der Waals surface area contributed by atoms with Crippen LogP contribution in [-0.2, 0) is 4.74 Å². The zero-order chi connectivity index (χ0) is 11.4. The van der Waals surface area contributed by atoms with Crippen LogP contribution in [0.15, 0.2) is 15.9 Å². The van der Waals surface area contributed by atoms with Crippen molar-refractivity contribution in [1.29, 1.82) is 0 Å². The molecule has 2 nitrogen and oxygen atoms in total. The van der Waals surface area contributed by atoms with E-state index in [4.69, 9.17) is 4.74 Å². The van der Waals surface area contributed by atoms with Gasteiger partial charge in [-0.3, -0.25) is 0 Å². The van der Waals surface area contributed by atoms with Gasteiger partial charge in [0.05, 0.1) is 12.1 Å². The average molecular weight is 292 g/mol. The van der Waals surface area contributed by atoms with Crippen LogP contribution in [0.5, 0.6) is 0 Å². The molecule has 1 aromatic heterocycles. The Labute approximate surface area is 104 Å². The summed E-state index contributed by atoms with van der Waals surface area (Å²) >= 11 is 5.32. The molecule has 0 saturated carbocycles. The van der Waals surface area contributed by atoms with Gasteiger partial charge < -0.3 is 10.1 Å². The molecule has 1 rings (SSSR count). The Morgan fingerprint density at radius 2 is 2.13 bits per heavy atom. The maximum absolute atomic E-state index is 5.57. The topological polar surface area (TPSA) is 21.3 Å². The third-order valence-electron chi connectivity index (χ3n) is 2.50. The molecule has 0 aromatic carbocycles. The summed E-state index contributed by atoms with van der Waals surface area (Å²) in [7, 11) is 3.75.